The molecule has 4 rings (SSSR count). The maximum absolute atomic E-state index is 12.9. The molecule has 0 unspecified atom stereocenters. The molecule has 1 aromatic heterocycles. The van der Waals surface area contributed by atoms with Gasteiger partial charge in [-0.1, -0.05) is 30.3 Å². The topological polar surface area (TPSA) is 84.6 Å². The number of rotatable bonds is 3. The molecule has 1 amide bonds. The van der Waals surface area contributed by atoms with Crippen molar-refractivity contribution in [3.05, 3.63) is 42.6 Å². The highest BCUT2D eigenvalue weighted by Crippen LogP contribution is 2.23. The molecule has 7 heteroatoms. The summed E-state index contributed by atoms with van der Waals surface area (Å²) < 4.78 is 5.35. The van der Waals surface area contributed by atoms with Gasteiger partial charge in [-0.3, -0.25) is 4.79 Å². The van der Waals surface area contributed by atoms with Crippen LogP contribution in [0.1, 0.15) is 12.8 Å². The molecule has 7 nitrogen and oxygen atoms in total. The Bertz CT molecular complexity index is 784. The maximum Gasteiger partial charge on any atom is 0.242 e. The number of hydrogen-bond acceptors (Lipinski definition) is 6. The zero-order chi connectivity index (χ0) is 18.7. The summed E-state index contributed by atoms with van der Waals surface area (Å²) in [5.74, 6) is 1.66. The largest absolute Gasteiger partial charge is 0.381 e. The number of ether oxygens (including phenoxy) is 1. The first-order valence-electron chi connectivity index (χ1n) is 9.45. The molecule has 2 aromatic rings. The molecule has 0 atom stereocenters. The number of nitrogens with two attached hydrogens (primary N) is 1. The van der Waals surface area contributed by atoms with Crippen molar-refractivity contribution in [3.63, 3.8) is 0 Å². The molecule has 0 bridgehead atoms. The fourth-order valence-electron chi connectivity index (χ4n) is 3.65. The van der Waals surface area contributed by atoms with Gasteiger partial charge in [-0.2, -0.15) is 0 Å². The minimum atomic E-state index is -0.768. The number of carbonyl (C=O) groups excluding carboxylic acids is 1. The van der Waals surface area contributed by atoms with E-state index in [1.54, 1.807) is 6.20 Å². The second kappa shape index (κ2) is 7.62. The third-order valence-corrected chi connectivity index (χ3v) is 5.37. The summed E-state index contributed by atoms with van der Waals surface area (Å²) in [4.78, 5) is 26.0. The number of amides is 1. The summed E-state index contributed by atoms with van der Waals surface area (Å²) in [5, 5.41) is 0. The van der Waals surface area contributed by atoms with Crippen molar-refractivity contribution in [1.82, 2.24) is 14.9 Å². The smallest absolute Gasteiger partial charge is 0.242 e. The van der Waals surface area contributed by atoms with E-state index >= 15 is 0 Å². The van der Waals surface area contributed by atoms with E-state index in [1.165, 1.54) is 0 Å². The minimum absolute atomic E-state index is 0.0538. The van der Waals surface area contributed by atoms with Gasteiger partial charge in [0.2, 0.25) is 5.91 Å². The summed E-state index contributed by atoms with van der Waals surface area (Å²) in [7, 11) is 0. The highest BCUT2D eigenvalue weighted by molar-refractivity contribution is 5.86. The number of benzene rings is 1. The fourth-order valence-corrected chi connectivity index (χ4v) is 3.65. The second-order valence-corrected chi connectivity index (χ2v) is 7.15. The summed E-state index contributed by atoms with van der Waals surface area (Å²) in [6.07, 6.45) is 2.98. The first-order chi connectivity index (χ1) is 13.2. The van der Waals surface area contributed by atoms with Crippen molar-refractivity contribution in [3.8, 4) is 11.4 Å². The predicted molar refractivity (Wildman–Crippen MR) is 103 cm³/mol. The molecule has 2 aliphatic rings. The number of nitrogens with zero attached hydrogens (tertiary/aromatic N) is 4. The standard InChI is InChI=1S/C20H25N5O2/c21-20(7-14-27-15-8-20)19(26)25-12-10-24(11-13-25)17-6-9-22-18(23-17)16-4-2-1-3-5-16/h1-6,9H,7-8,10-15,21H2. The lowest BCUT2D eigenvalue weighted by molar-refractivity contribution is -0.140. The van der Waals surface area contributed by atoms with Crippen LogP contribution in [0, 0.1) is 0 Å². The zero-order valence-electron chi connectivity index (χ0n) is 15.4. The Morgan fingerprint density at radius 2 is 1.74 bits per heavy atom. The Morgan fingerprint density at radius 1 is 1.04 bits per heavy atom. The molecule has 0 saturated carbocycles. The Hall–Kier alpha value is -2.51. The third-order valence-electron chi connectivity index (χ3n) is 5.37. The molecule has 0 spiro atoms. The molecular weight excluding hydrogens is 342 g/mol. The van der Waals surface area contributed by atoms with Gasteiger partial charge in [0, 0.05) is 51.2 Å². The van der Waals surface area contributed by atoms with Crippen molar-refractivity contribution < 1.29 is 9.53 Å². The van der Waals surface area contributed by atoms with Crippen molar-refractivity contribution in [1.29, 1.82) is 0 Å². The van der Waals surface area contributed by atoms with Gasteiger partial charge in [0.15, 0.2) is 5.82 Å². The highest BCUT2D eigenvalue weighted by atomic mass is 16.5. The van der Waals surface area contributed by atoms with E-state index in [-0.39, 0.29) is 5.91 Å². The Labute approximate surface area is 159 Å². The average molecular weight is 367 g/mol. The second-order valence-electron chi connectivity index (χ2n) is 7.15. The van der Waals surface area contributed by atoms with Crippen LogP contribution in [0.5, 0.6) is 0 Å². The van der Waals surface area contributed by atoms with Gasteiger partial charge < -0.3 is 20.3 Å². The van der Waals surface area contributed by atoms with Gasteiger partial charge in [-0.15, -0.1) is 0 Å². The van der Waals surface area contributed by atoms with Crippen LogP contribution in [-0.2, 0) is 9.53 Å². The van der Waals surface area contributed by atoms with Crippen molar-refractivity contribution in [2.24, 2.45) is 5.73 Å². The van der Waals surface area contributed by atoms with Crippen molar-refractivity contribution in [2.75, 3.05) is 44.3 Å². The van der Waals surface area contributed by atoms with Crippen molar-refractivity contribution >= 4 is 11.7 Å². The van der Waals surface area contributed by atoms with E-state index in [2.05, 4.69) is 9.88 Å². The van der Waals surface area contributed by atoms with E-state index in [4.69, 9.17) is 15.5 Å². The van der Waals surface area contributed by atoms with Crippen LogP contribution in [0.4, 0.5) is 5.82 Å². The molecule has 2 N–H and O–H groups in total. The number of anilines is 1. The number of carbonyl (C=O) groups is 1. The fraction of sp³-hybridized carbons (Fsp3) is 0.450. The lowest BCUT2D eigenvalue weighted by atomic mass is 9.89. The number of aromatic nitrogens is 2. The summed E-state index contributed by atoms with van der Waals surface area (Å²) >= 11 is 0. The summed E-state index contributed by atoms with van der Waals surface area (Å²) in [6, 6.07) is 11.9. The van der Waals surface area contributed by atoms with Gasteiger partial charge in [0.25, 0.3) is 0 Å². The van der Waals surface area contributed by atoms with E-state index < -0.39 is 5.54 Å². The third kappa shape index (κ3) is 3.79. The van der Waals surface area contributed by atoms with Gasteiger partial charge >= 0.3 is 0 Å². The van der Waals surface area contributed by atoms with Crippen LogP contribution in [-0.4, -0.2) is 65.7 Å². The molecule has 2 saturated heterocycles. The van der Waals surface area contributed by atoms with Crippen LogP contribution in [0.3, 0.4) is 0 Å². The predicted octanol–water partition coefficient (Wildman–Crippen LogP) is 1.30. The Morgan fingerprint density at radius 3 is 2.44 bits per heavy atom. The van der Waals surface area contributed by atoms with Crippen molar-refractivity contribution in [2.45, 2.75) is 18.4 Å². The summed E-state index contributed by atoms with van der Waals surface area (Å²) in [6.45, 7) is 3.91. The van der Waals surface area contributed by atoms with Crippen LogP contribution >= 0.6 is 0 Å². The molecule has 0 aliphatic carbocycles. The first-order valence-corrected chi connectivity index (χ1v) is 9.45. The monoisotopic (exact) mass is 367 g/mol. The maximum atomic E-state index is 12.9. The van der Waals surface area contributed by atoms with Crippen LogP contribution in [0.15, 0.2) is 42.6 Å². The average Bonchev–Trinajstić information content (AvgIpc) is 2.75. The SMILES string of the molecule is NC1(C(=O)N2CCN(c3ccnc(-c4ccccc4)n3)CC2)CCOCC1. The highest BCUT2D eigenvalue weighted by Gasteiger charge is 2.39. The van der Waals surface area contributed by atoms with Gasteiger partial charge in [0.1, 0.15) is 5.82 Å². The van der Waals surface area contributed by atoms with Crippen LogP contribution < -0.4 is 10.6 Å². The molecule has 1 aromatic carbocycles. The lowest BCUT2D eigenvalue weighted by Gasteiger charge is -2.41. The number of piperazine rings is 1. The van der Waals surface area contributed by atoms with E-state index in [9.17, 15) is 4.79 Å². The Balaban J connectivity index is 1.42. The molecule has 3 heterocycles. The lowest BCUT2D eigenvalue weighted by Crippen LogP contribution is -2.61. The molecule has 27 heavy (non-hydrogen) atoms. The van der Waals surface area contributed by atoms with Crippen LogP contribution in [0.25, 0.3) is 11.4 Å². The van der Waals surface area contributed by atoms with Gasteiger partial charge in [-0.25, -0.2) is 9.97 Å². The van der Waals surface area contributed by atoms with Gasteiger partial charge in [0.05, 0.1) is 5.54 Å². The Kier molecular flexibility index (Phi) is 5.05. The normalized spacial score (nSPS) is 19.7. The quantitative estimate of drug-likeness (QED) is 0.880. The summed E-state index contributed by atoms with van der Waals surface area (Å²) in [5.41, 5.74) is 6.59. The molecular formula is C20H25N5O2. The molecule has 142 valence electrons. The van der Waals surface area contributed by atoms with Crippen LogP contribution in [0.2, 0.25) is 0 Å². The number of hydrogen-bond donors (Lipinski definition) is 1. The zero-order valence-corrected chi connectivity index (χ0v) is 15.4. The molecule has 2 fully saturated rings. The van der Waals surface area contributed by atoms with E-state index in [0.717, 1.165) is 30.3 Å². The van der Waals surface area contributed by atoms with Gasteiger partial charge in [-0.05, 0) is 18.9 Å². The first kappa shape index (κ1) is 17.9. The molecule has 2 aliphatic heterocycles. The minimum Gasteiger partial charge on any atom is -0.381 e. The molecule has 0 radical (unpaired) electrons. The van der Waals surface area contributed by atoms with E-state index in [0.29, 0.717) is 39.1 Å². The van der Waals surface area contributed by atoms with E-state index in [1.807, 2.05) is 41.3 Å².